The van der Waals surface area contributed by atoms with Crippen molar-refractivity contribution in [1.82, 2.24) is 9.47 Å². The normalized spacial score (nSPS) is 11.2. The molecule has 0 aliphatic heterocycles. The Morgan fingerprint density at radius 2 is 1.74 bits per heavy atom. The first-order valence-corrected chi connectivity index (χ1v) is 11.6. The molecule has 0 fully saturated rings. The van der Waals surface area contributed by atoms with E-state index in [1.807, 2.05) is 13.8 Å². The Bertz CT molecular complexity index is 1410. The van der Waals surface area contributed by atoms with Crippen molar-refractivity contribution in [2.24, 2.45) is 0 Å². The zero-order chi connectivity index (χ0) is 25.3. The van der Waals surface area contributed by atoms with Crippen LogP contribution < -0.4 is 4.74 Å². The summed E-state index contributed by atoms with van der Waals surface area (Å²) in [7, 11) is 0. The average Bonchev–Trinajstić information content (AvgIpc) is 3.24. The molecule has 0 N–H and O–H groups in total. The lowest BCUT2D eigenvalue weighted by molar-refractivity contribution is 0.157. The molecular formula is C27H24ClF3N2O2. The Morgan fingerprint density at radius 1 is 1.00 bits per heavy atom. The summed E-state index contributed by atoms with van der Waals surface area (Å²) in [5.41, 5.74) is 2.28. The van der Waals surface area contributed by atoms with Gasteiger partial charge < -0.3 is 14.2 Å². The van der Waals surface area contributed by atoms with Crippen molar-refractivity contribution in [3.05, 3.63) is 88.3 Å². The molecule has 182 valence electrons. The summed E-state index contributed by atoms with van der Waals surface area (Å²) in [4.78, 5) is 14.2. The van der Waals surface area contributed by atoms with Crippen LogP contribution in [-0.4, -0.2) is 28.6 Å². The summed E-state index contributed by atoms with van der Waals surface area (Å²) in [5, 5.41) is 0.936. The number of fused-ring (bicyclic) bond motifs is 1. The fourth-order valence-corrected chi connectivity index (χ4v) is 4.30. The zero-order valence-corrected chi connectivity index (χ0v) is 20.3. The third kappa shape index (κ3) is 4.73. The highest BCUT2D eigenvalue weighted by molar-refractivity contribution is 6.31. The van der Waals surface area contributed by atoms with Crippen molar-refractivity contribution >= 4 is 28.6 Å². The van der Waals surface area contributed by atoms with E-state index in [-0.39, 0.29) is 18.1 Å². The number of benzene rings is 3. The van der Waals surface area contributed by atoms with Gasteiger partial charge in [-0.1, -0.05) is 23.7 Å². The van der Waals surface area contributed by atoms with Crippen molar-refractivity contribution in [1.29, 1.82) is 0 Å². The van der Waals surface area contributed by atoms with Crippen LogP contribution in [0.2, 0.25) is 5.02 Å². The standard InChI is InChI=1S/C27H24ClF3N2O2/c1-4-32(5-2)27(34)35-24-11-10-23-18(25(24)17-7-9-21(29)22(30)14-17)12-13-33(23)15-19-20(28)8-6-16(3)26(19)31/h6-14H,4-5,15H2,1-3H3. The summed E-state index contributed by atoms with van der Waals surface area (Å²) in [6.07, 6.45) is 1.20. The van der Waals surface area contributed by atoms with Crippen molar-refractivity contribution < 1.29 is 22.7 Å². The van der Waals surface area contributed by atoms with Gasteiger partial charge in [0.15, 0.2) is 11.6 Å². The van der Waals surface area contributed by atoms with E-state index in [1.54, 1.807) is 48.0 Å². The van der Waals surface area contributed by atoms with Gasteiger partial charge in [-0.15, -0.1) is 0 Å². The van der Waals surface area contributed by atoms with Crippen LogP contribution in [0.4, 0.5) is 18.0 Å². The minimum atomic E-state index is -1.02. The summed E-state index contributed by atoms with van der Waals surface area (Å²) in [5.74, 6) is -2.18. The van der Waals surface area contributed by atoms with Gasteiger partial charge >= 0.3 is 6.09 Å². The summed E-state index contributed by atoms with van der Waals surface area (Å²) in [6, 6.07) is 11.9. The molecule has 4 aromatic rings. The van der Waals surface area contributed by atoms with E-state index in [0.29, 0.717) is 51.3 Å². The minimum absolute atomic E-state index is 0.158. The SMILES string of the molecule is CCN(CC)C(=O)Oc1ccc2c(ccn2Cc2c(Cl)ccc(C)c2F)c1-c1ccc(F)c(F)c1. The average molecular weight is 501 g/mol. The lowest BCUT2D eigenvalue weighted by atomic mass is 10.00. The van der Waals surface area contributed by atoms with Crippen molar-refractivity contribution in [3.63, 3.8) is 0 Å². The predicted molar refractivity (Wildman–Crippen MR) is 131 cm³/mol. The fourth-order valence-electron chi connectivity index (χ4n) is 4.10. The van der Waals surface area contributed by atoms with Crippen LogP contribution in [0.3, 0.4) is 0 Å². The van der Waals surface area contributed by atoms with Gasteiger partial charge in [0.1, 0.15) is 11.6 Å². The number of hydrogen-bond acceptors (Lipinski definition) is 2. The molecule has 0 atom stereocenters. The molecule has 0 bridgehead atoms. The molecule has 8 heteroatoms. The van der Waals surface area contributed by atoms with E-state index in [1.165, 1.54) is 11.0 Å². The van der Waals surface area contributed by atoms with Crippen LogP contribution in [0.25, 0.3) is 22.0 Å². The molecule has 0 spiro atoms. The van der Waals surface area contributed by atoms with Gasteiger partial charge in [0.2, 0.25) is 0 Å². The molecule has 0 aliphatic rings. The second-order valence-corrected chi connectivity index (χ2v) is 8.55. The molecule has 1 amide bonds. The molecule has 3 aromatic carbocycles. The van der Waals surface area contributed by atoms with Crippen LogP contribution in [0, 0.1) is 24.4 Å². The number of carbonyl (C=O) groups is 1. The van der Waals surface area contributed by atoms with E-state index < -0.39 is 17.7 Å². The van der Waals surface area contributed by atoms with Gasteiger partial charge in [-0.25, -0.2) is 18.0 Å². The van der Waals surface area contributed by atoms with Crippen molar-refractivity contribution in [2.75, 3.05) is 13.1 Å². The Labute approximate surface area is 206 Å². The number of ether oxygens (including phenoxy) is 1. The maximum atomic E-state index is 14.8. The van der Waals surface area contributed by atoms with Crippen LogP contribution in [0.5, 0.6) is 5.75 Å². The second kappa shape index (κ2) is 10.0. The van der Waals surface area contributed by atoms with Crippen molar-refractivity contribution in [2.45, 2.75) is 27.3 Å². The monoisotopic (exact) mass is 500 g/mol. The molecule has 0 unspecified atom stereocenters. The lowest BCUT2D eigenvalue weighted by Crippen LogP contribution is -2.33. The number of hydrogen-bond donors (Lipinski definition) is 0. The number of amides is 1. The number of rotatable bonds is 6. The largest absolute Gasteiger partial charge is 0.415 e. The molecule has 0 saturated heterocycles. The Morgan fingerprint density at radius 3 is 2.43 bits per heavy atom. The van der Waals surface area contributed by atoms with Crippen LogP contribution in [0.15, 0.2) is 54.7 Å². The minimum Gasteiger partial charge on any atom is -0.410 e. The molecule has 4 nitrogen and oxygen atoms in total. The molecular weight excluding hydrogens is 477 g/mol. The maximum absolute atomic E-state index is 14.8. The van der Waals surface area contributed by atoms with Gasteiger partial charge in [0.05, 0.1) is 6.54 Å². The first-order chi connectivity index (χ1) is 16.7. The third-order valence-corrected chi connectivity index (χ3v) is 6.40. The van der Waals surface area contributed by atoms with E-state index in [2.05, 4.69) is 0 Å². The smallest absolute Gasteiger partial charge is 0.410 e. The number of aryl methyl sites for hydroxylation is 1. The number of carbonyl (C=O) groups excluding carboxylic acids is 1. The first-order valence-electron chi connectivity index (χ1n) is 11.2. The van der Waals surface area contributed by atoms with Crippen LogP contribution in [0.1, 0.15) is 25.0 Å². The number of aromatic nitrogens is 1. The van der Waals surface area contributed by atoms with E-state index >= 15 is 0 Å². The van der Waals surface area contributed by atoms with Gasteiger partial charge in [-0.05, 0) is 68.3 Å². The summed E-state index contributed by atoms with van der Waals surface area (Å²) >= 11 is 6.28. The second-order valence-electron chi connectivity index (χ2n) is 8.14. The highest BCUT2D eigenvalue weighted by atomic mass is 35.5. The van der Waals surface area contributed by atoms with Crippen molar-refractivity contribution in [3.8, 4) is 16.9 Å². The molecule has 0 radical (unpaired) electrons. The van der Waals surface area contributed by atoms with Gasteiger partial charge in [0, 0.05) is 46.3 Å². The Hall–Kier alpha value is -3.45. The van der Waals surface area contributed by atoms with Gasteiger partial charge in [-0.3, -0.25) is 0 Å². The van der Waals surface area contributed by atoms with Crippen LogP contribution in [-0.2, 0) is 6.54 Å². The van der Waals surface area contributed by atoms with Crippen LogP contribution >= 0.6 is 11.6 Å². The number of nitrogens with zero attached hydrogens (tertiary/aromatic N) is 2. The maximum Gasteiger partial charge on any atom is 0.415 e. The van der Waals surface area contributed by atoms with Gasteiger partial charge in [-0.2, -0.15) is 0 Å². The summed E-state index contributed by atoms with van der Waals surface area (Å²) in [6.45, 7) is 6.40. The topological polar surface area (TPSA) is 34.5 Å². The molecule has 4 rings (SSSR count). The number of halogens is 4. The lowest BCUT2D eigenvalue weighted by Gasteiger charge is -2.20. The van der Waals surface area contributed by atoms with Gasteiger partial charge in [0.25, 0.3) is 0 Å². The Balaban J connectivity index is 1.86. The molecule has 1 aromatic heterocycles. The fraction of sp³-hybridized carbons (Fsp3) is 0.222. The zero-order valence-electron chi connectivity index (χ0n) is 19.5. The Kier molecular flexibility index (Phi) is 7.08. The van der Waals surface area contributed by atoms with E-state index in [9.17, 15) is 18.0 Å². The first kappa shape index (κ1) is 24.7. The predicted octanol–water partition coefficient (Wildman–Crippen LogP) is 7.58. The quantitative estimate of drug-likeness (QED) is 0.273. The molecule has 0 aliphatic carbocycles. The van der Waals surface area contributed by atoms with E-state index in [4.69, 9.17) is 16.3 Å². The third-order valence-electron chi connectivity index (χ3n) is 6.05. The highest BCUT2D eigenvalue weighted by Crippen LogP contribution is 2.39. The van der Waals surface area contributed by atoms with E-state index in [0.717, 1.165) is 12.1 Å². The molecule has 1 heterocycles. The molecule has 0 saturated carbocycles. The molecule has 35 heavy (non-hydrogen) atoms. The summed E-state index contributed by atoms with van der Waals surface area (Å²) < 4.78 is 50.1. The highest BCUT2D eigenvalue weighted by Gasteiger charge is 2.21.